The Bertz CT molecular complexity index is 354. The van der Waals surface area contributed by atoms with Crippen molar-refractivity contribution >= 4 is 0 Å². The molecule has 17 heavy (non-hydrogen) atoms. The smallest absolute Gasteiger partial charge is 0.101 e. The number of benzene rings is 1. The number of hydrogen-bond acceptors (Lipinski definition) is 2. The van der Waals surface area contributed by atoms with Crippen LogP contribution in [0.3, 0.4) is 0 Å². The average Bonchev–Trinajstić information content (AvgIpc) is 2.38. The first-order valence-corrected chi connectivity index (χ1v) is 6.69. The first-order chi connectivity index (χ1) is 8.38. The zero-order valence-corrected chi connectivity index (χ0v) is 10.5. The van der Waals surface area contributed by atoms with Gasteiger partial charge in [-0.25, -0.2) is 0 Å². The minimum Gasteiger partial charge on any atom is -0.373 e. The van der Waals surface area contributed by atoms with E-state index in [4.69, 9.17) is 4.74 Å². The molecule has 0 amide bonds. The minimum absolute atomic E-state index is 0.0369. The summed E-state index contributed by atoms with van der Waals surface area (Å²) in [7, 11) is 1.89. The van der Waals surface area contributed by atoms with Crippen molar-refractivity contribution in [1.29, 1.82) is 0 Å². The summed E-state index contributed by atoms with van der Waals surface area (Å²) in [6, 6.07) is 10.8. The predicted molar refractivity (Wildman–Crippen MR) is 68.8 cm³/mol. The zero-order valence-electron chi connectivity index (χ0n) is 10.5. The Labute approximate surface area is 103 Å². The van der Waals surface area contributed by atoms with Crippen LogP contribution in [0.4, 0.5) is 0 Å². The van der Waals surface area contributed by atoms with Crippen LogP contribution in [0.25, 0.3) is 0 Å². The van der Waals surface area contributed by atoms with Crippen molar-refractivity contribution in [2.24, 2.45) is 11.8 Å². The highest BCUT2D eigenvalue weighted by Gasteiger charge is 2.51. The Morgan fingerprint density at radius 2 is 1.76 bits per heavy atom. The van der Waals surface area contributed by atoms with Crippen LogP contribution in [-0.4, -0.2) is 20.2 Å². The second kappa shape index (κ2) is 4.43. The summed E-state index contributed by atoms with van der Waals surface area (Å²) in [6.45, 7) is 2.19. The van der Waals surface area contributed by atoms with Gasteiger partial charge in [-0.05, 0) is 18.4 Å². The molecule has 1 N–H and O–H groups in total. The normalized spacial score (nSPS) is 36.8. The maximum Gasteiger partial charge on any atom is 0.101 e. The summed E-state index contributed by atoms with van der Waals surface area (Å²) in [5.74, 6) is 1.25. The largest absolute Gasteiger partial charge is 0.373 e. The summed E-state index contributed by atoms with van der Waals surface area (Å²) < 4.78 is 6.09. The van der Waals surface area contributed by atoms with Gasteiger partial charge in [0.2, 0.25) is 0 Å². The molecule has 2 bridgehead atoms. The average molecular weight is 231 g/mol. The second-order valence-corrected chi connectivity index (χ2v) is 5.35. The van der Waals surface area contributed by atoms with Gasteiger partial charge in [-0.2, -0.15) is 0 Å². The third kappa shape index (κ3) is 1.62. The number of hydrogen-bond donors (Lipinski definition) is 1. The lowest BCUT2D eigenvalue weighted by Gasteiger charge is -2.52. The van der Waals surface area contributed by atoms with Crippen molar-refractivity contribution in [2.75, 3.05) is 20.2 Å². The van der Waals surface area contributed by atoms with Gasteiger partial charge in [0.1, 0.15) is 5.60 Å². The monoisotopic (exact) mass is 231 g/mol. The molecule has 3 rings (SSSR count). The lowest BCUT2D eigenvalue weighted by Crippen LogP contribution is -2.57. The number of rotatable bonds is 2. The number of fused-ring (bicyclic) bond motifs is 2. The van der Waals surface area contributed by atoms with Gasteiger partial charge < -0.3 is 10.1 Å². The molecule has 0 aromatic heterocycles. The van der Waals surface area contributed by atoms with E-state index >= 15 is 0 Å². The van der Waals surface area contributed by atoms with Crippen LogP contribution >= 0.6 is 0 Å². The molecule has 2 atom stereocenters. The molecule has 1 aromatic rings. The van der Waals surface area contributed by atoms with Crippen LogP contribution in [0.5, 0.6) is 0 Å². The molecule has 2 heteroatoms. The third-order valence-corrected chi connectivity index (χ3v) is 4.66. The maximum atomic E-state index is 6.09. The molecule has 92 valence electrons. The molecule has 0 radical (unpaired) electrons. The van der Waals surface area contributed by atoms with E-state index in [9.17, 15) is 0 Å². The predicted octanol–water partition coefficient (Wildman–Crippen LogP) is 2.55. The van der Waals surface area contributed by atoms with Crippen LogP contribution in [-0.2, 0) is 10.3 Å². The van der Waals surface area contributed by atoms with Gasteiger partial charge in [0.25, 0.3) is 0 Å². The third-order valence-electron chi connectivity index (χ3n) is 4.66. The molecule has 2 unspecified atom stereocenters. The molecule has 1 aliphatic heterocycles. The van der Waals surface area contributed by atoms with E-state index < -0.39 is 0 Å². The molecule has 1 aliphatic carbocycles. The van der Waals surface area contributed by atoms with E-state index in [0.29, 0.717) is 11.8 Å². The highest BCUT2D eigenvalue weighted by molar-refractivity contribution is 5.27. The van der Waals surface area contributed by atoms with Gasteiger partial charge in [-0.15, -0.1) is 0 Å². The van der Waals surface area contributed by atoms with Gasteiger partial charge in [0, 0.05) is 32.0 Å². The summed E-state index contributed by atoms with van der Waals surface area (Å²) in [6.07, 6.45) is 3.92. The number of methoxy groups -OCH3 is 1. The summed E-state index contributed by atoms with van der Waals surface area (Å²) in [5, 5.41) is 3.57. The van der Waals surface area contributed by atoms with Crippen molar-refractivity contribution < 1.29 is 4.74 Å². The molecule has 1 saturated carbocycles. The van der Waals surface area contributed by atoms with E-state index in [1.165, 1.54) is 24.8 Å². The van der Waals surface area contributed by atoms with E-state index in [1.54, 1.807) is 0 Å². The van der Waals surface area contributed by atoms with Gasteiger partial charge in [0.05, 0.1) is 0 Å². The highest BCUT2D eigenvalue weighted by Crippen LogP contribution is 2.49. The molecule has 0 spiro atoms. The Kier molecular flexibility index (Phi) is 2.93. The number of piperidine rings is 1. The number of ether oxygens (including phenoxy) is 1. The molecule has 2 fully saturated rings. The molecule has 2 nitrogen and oxygen atoms in total. The molecule has 1 heterocycles. The van der Waals surface area contributed by atoms with Crippen molar-refractivity contribution in [2.45, 2.75) is 24.9 Å². The van der Waals surface area contributed by atoms with Crippen molar-refractivity contribution in [3.63, 3.8) is 0 Å². The Morgan fingerprint density at radius 3 is 2.35 bits per heavy atom. The first kappa shape index (κ1) is 11.2. The zero-order chi connectivity index (χ0) is 11.7. The summed E-state index contributed by atoms with van der Waals surface area (Å²) in [4.78, 5) is 0. The Morgan fingerprint density at radius 1 is 1.12 bits per heavy atom. The fourth-order valence-electron chi connectivity index (χ4n) is 3.93. The van der Waals surface area contributed by atoms with E-state index in [-0.39, 0.29) is 5.60 Å². The topological polar surface area (TPSA) is 21.3 Å². The van der Waals surface area contributed by atoms with Gasteiger partial charge in [-0.1, -0.05) is 36.8 Å². The van der Waals surface area contributed by atoms with Crippen LogP contribution in [0.1, 0.15) is 24.8 Å². The van der Waals surface area contributed by atoms with E-state index in [0.717, 1.165) is 13.1 Å². The van der Waals surface area contributed by atoms with Gasteiger partial charge >= 0.3 is 0 Å². The number of nitrogens with one attached hydrogen (secondary N) is 1. The van der Waals surface area contributed by atoms with E-state index in [2.05, 4.69) is 35.6 Å². The molecular weight excluding hydrogens is 210 g/mol. The van der Waals surface area contributed by atoms with Gasteiger partial charge in [-0.3, -0.25) is 0 Å². The summed E-state index contributed by atoms with van der Waals surface area (Å²) in [5.41, 5.74) is 1.34. The minimum atomic E-state index is -0.0369. The molecule has 1 saturated heterocycles. The molecule has 2 aliphatic rings. The second-order valence-electron chi connectivity index (χ2n) is 5.35. The van der Waals surface area contributed by atoms with Crippen LogP contribution in [0.15, 0.2) is 30.3 Å². The molecular formula is C15H21NO. The van der Waals surface area contributed by atoms with Crippen LogP contribution in [0.2, 0.25) is 0 Å². The Hall–Kier alpha value is -0.860. The lowest BCUT2D eigenvalue weighted by atomic mass is 9.63. The van der Waals surface area contributed by atoms with E-state index in [1.807, 2.05) is 7.11 Å². The first-order valence-electron chi connectivity index (χ1n) is 6.69. The maximum absolute atomic E-state index is 6.09. The molecule has 1 aromatic carbocycles. The highest BCUT2D eigenvalue weighted by atomic mass is 16.5. The lowest BCUT2D eigenvalue weighted by molar-refractivity contribution is -0.144. The fraction of sp³-hybridized carbons (Fsp3) is 0.600. The van der Waals surface area contributed by atoms with Crippen LogP contribution < -0.4 is 5.32 Å². The van der Waals surface area contributed by atoms with Gasteiger partial charge in [0.15, 0.2) is 0 Å². The van der Waals surface area contributed by atoms with Crippen LogP contribution in [0, 0.1) is 11.8 Å². The summed E-state index contributed by atoms with van der Waals surface area (Å²) >= 11 is 0. The Balaban J connectivity index is 2.06. The van der Waals surface area contributed by atoms with Crippen molar-refractivity contribution in [1.82, 2.24) is 5.32 Å². The van der Waals surface area contributed by atoms with Crippen molar-refractivity contribution in [3.05, 3.63) is 35.9 Å². The van der Waals surface area contributed by atoms with Crippen molar-refractivity contribution in [3.8, 4) is 0 Å². The standard InChI is InChI=1S/C15H21NO/c1-17-15(12-6-3-2-4-7-12)13-8-5-9-14(15)11-16-10-13/h2-4,6-7,13-14,16H,5,8-11H2,1H3. The SMILES string of the molecule is COC1(c2ccccc2)C2CCCC1CNC2. The fourth-order valence-corrected chi connectivity index (χ4v) is 3.93. The quantitative estimate of drug-likeness (QED) is 0.844.